The Kier molecular flexibility index (Phi) is 5.86. The van der Waals surface area contributed by atoms with E-state index in [1.807, 2.05) is 0 Å². The molecule has 21 heavy (non-hydrogen) atoms. The first-order chi connectivity index (χ1) is 10.1. The quantitative estimate of drug-likeness (QED) is 0.746. The van der Waals surface area contributed by atoms with Crippen molar-refractivity contribution < 1.29 is 24.2 Å². The lowest BCUT2D eigenvalue weighted by Gasteiger charge is -2.32. The highest BCUT2D eigenvalue weighted by molar-refractivity contribution is 8.00. The molecule has 0 bridgehead atoms. The zero-order valence-corrected chi connectivity index (χ0v) is 12.6. The van der Waals surface area contributed by atoms with E-state index < -0.39 is 5.97 Å². The number of carboxylic acids is 1. The molecule has 0 radical (unpaired) electrons. The summed E-state index contributed by atoms with van der Waals surface area (Å²) in [6.07, 6.45) is 1.50. The second-order valence-electron chi connectivity index (χ2n) is 5.07. The van der Waals surface area contributed by atoms with Crippen LogP contribution in [0.1, 0.15) is 12.8 Å². The lowest BCUT2D eigenvalue weighted by molar-refractivity contribution is -0.145. The van der Waals surface area contributed by atoms with Crippen molar-refractivity contribution >= 4 is 29.5 Å². The summed E-state index contributed by atoms with van der Waals surface area (Å²) in [5.74, 6) is -1.08. The van der Waals surface area contributed by atoms with Crippen LogP contribution in [-0.2, 0) is 19.1 Å². The van der Waals surface area contributed by atoms with E-state index in [0.717, 1.165) is 18.2 Å². The van der Waals surface area contributed by atoms with Gasteiger partial charge in [0.1, 0.15) is 6.04 Å². The van der Waals surface area contributed by atoms with Crippen LogP contribution in [0.2, 0.25) is 0 Å². The number of hydrogen-bond acceptors (Lipinski definition) is 5. The highest BCUT2D eigenvalue weighted by Gasteiger charge is 2.36. The zero-order valence-electron chi connectivity index (χ0n) is 11.8. The van der Waals surface area contributed by atoms with E-state index in [1.54, 1.807) is 9.80 Å². The first-order valence-corrected chi connectivity index (χ1v) is 8.20. The van der Waals surface area contributed by atoms with Crippen LogP contribution in [0.15, 0.2) is 0 Å². The summed E-state index contributed by atoms with van der Waals surface area (Å²) >= 11 is 1.07. The lowest BCUT2D eigenvalue weighted by Crippen LogP contribution is -2.51. The molecule has 0 aliphatic carbocycles. The molecule has 2 aliphatic rings. The number of aliphatic carboxylic acids is 1. The van der Waals surface area contributed by atoms with Gasteiger partial charge in [-0.25, -0.2) is 0 Å². The minimum absolute atomic E-state index is 0.00705. The number of thioether (sulfide) groups is 1. The fourth-order valence-corrected chi connectivity index (χ4v) is 3.24. The van der Waals surface area contributed by atoms with E-state index in [4.69, 9.17) is 9.84 Å². The first-order valence-electron chi connectivity index (χ1n) is 7.05. The van der Waals surface area contributed by atoms with Crippen LogP contribution >= 0.6 is 11.8 Å². The van der Waals surface area contributed by atoms with Crippen LogP contribution in [0.5, 0.6) is 0 Å². The zero-order chi connectivity index (χ0) is 15.2. The summed E-state index contributed by atoms with van der Waals surface area (Å²) in [5.41, 5.74) is 0. The van der Waals surface area contributed by atoms with E-state index in [9.17, 15) is 14.4 Å². The molecule has 1 N–H and O–H groups in total. The van der Waals surface area contributed by atoms with E-state index in [0.29, 0.717) is 39.3 Å². The maximum Gasteiger partial charge on any atom is 0.313 e. The highest BCUT2D eigenvalue weighted by atomic mass is 32.2. The van der Waals surface area contributed by atoms with Crippen LogP contribution in [0, 0.1) is 0 Å². The van der Waals surface area contributed by atoms with Crippen molar-refractivity contribution in [2.45, 2.75) is 18.9 Å². The Morgan fingerprint density at radius 1 is 1.14 bits per heavy atom. The van der Waals surface area contributed by atoms with Crippen molar-refractivity contribution in [2.24, 2.45) is 0 Å². The van der Waals surface area contributed by atoms with E-state index in [2.05, 4.69) is 0 Å². The minimum Gasteiger partial charge on any atom is -0.481 e. The number of rotatable bonds is 5. The van der Waals surface area contributed by atoms with Gasteiger partial charge in [0.25, 0.3) is 0 Å². The van der Waals surface area contributed by atoms with Crippen LogP contribution in [0.3, 0.4) is 0 Å². The van der Waals surface area contributed by atoms with Crippen LogP contribution in [-0.4, -0.2) is 83.1 Å². The predicted octanol–water partition coefficient (Wildman–Crippen LogP) is -0.346. The maximum atomic E-state index is 12.5. The van der Waals surface area contributed by atoms with Gasteiger partial charge in [0, 0.05) is 19.6 Å². The van der Waals surface area contributed by atoms with Crippen LogP contribution in [0.25, 0.3) is 0 Å². The third-order valence-electron chi connectivity index (χ3n) is 3.63. The number of likely N-dealkylation sites (tertiary alicyclic amines) is 1. The summed E-state index contributed by atoms with van der Waals surface area (Å²) in [5, 5.41) is 8.58. The fourth-order valence-electron chi connectivity index (χ4n) is 2.63. The number of nitrogens with zero attached hydrogens (tertiary/aromatic N) is 2. The largest absolute Gasteiger partial charge is 0.481 e. The van der Waals surface area contributed by atoms with Crippen molar-refractivity contribution in [1.29, 1.82) is 0 Å². The Bertz CT molecular complexity index is 411. The van der Waals surface area contributed by atoms with E-state index in [1.165, 1.54) is 0 Å². The van der Waals surface area contributed by atoms with Gasteiger partial charge in [0.15, 0.2) is 0 Å². The average molecular weight is 316 g/mol. The number of morpholine rings is 1. The van der Waals surface area contributed by atoms with Gasteiger partial charge < -0.3 is 19.6 Å². The smallest absolute Gasteiger partial charge is 0.313 e. The third-order valence-corrected chi connectivity index (χ3v) is 4.53. The van der Waals surface area contributed by atoms with E-state index in [-0.39, 0.29) is 29.4 Å². The van der Waals surface area contributed by atoms with Crippen molar-refractivity contribution in [2.75, 3.05) is 44.4 Å². The van der Waals surface area contributed by atoms with Crippen molar-refractivity contribution in [1.82, 2.24) is 9.80 Å². The molecule has 2 heterocycles. The molecule has 7 nitrogen and oxygen atoms in total. The van der Waals surface area contributed by atoms with Gasteiger partial charge in [-0.1, -0.05) is 0 Å². The average Bonchev–Trinajstić information content (AvgIpc) is 2.96. The number of carbonyl (C=O) groups is 3. The Balaban J connectivity index is 1.88. The Hall–Kier alpha value is -1.28. The maximum absolute atomic E-state index is 12.5. The first kappa shape index (κ1) is 16.1. The molecule has 2 fully saturated rings. The molecular weight excluding hydrogens is 296 g/mol. The molecule has 8 heteroatoms. The summed E-state index contributed by atoms with van der Waals surface area (Å²) in [6, 6.07) is -0.388. The SMILES string of the molecule is O=C(O)CSCC(=O)N1CCCC1C(=O)N1CCOCC1. The molecule has 2 aliphatic heterocycles. The highest BCUT2D eigenvalue weighted by Crippen LogP contribution is 2.21. The third kappa shape index (κ3) is 4.34. The van der Waals surface area contributed by atoms with E-state index >= 15 is 0 Å². The standard InChI is InChI=1S/C13H20N2O5S/c16-11(8-21-9-12(17)18)15-3-1-2-10(15)13(19)14-4-6-20-7-5-14/h10H,1-9H2,(H,17,18). The molecule has 2 amide bonds. The molecule has 2 rings (SSSR count). The second kappa shape index (κ2) is 7.65. The number of ether oxygens (including phenoxy) is 1. The number of carboxylic acid groups (broad SMARTS) is 1. The Morgan fingerprint density at radius 2 is 1.86 bits per heavy atom. The molecule has 0 saturated carbocycles. The van der Waals surface area contributed by atoms with Gasteiger partial charge in [-0.3, -0.25) is 14.4 Å². The molecule has 118 valence electrons. The normalized spacial score (nSPS) is 22.4. The molecule has 1 unspecified atom stereocenters. The number of hydrogen-bond donors (Lipinski definition) is 1. The molecule has 0 aromatic rings. The van der Waals surface area contributed by atoms with Gasteiger partial charge in [-0.2, -0.15) is 0 Å². The molecule has 2 saturated heterocycles. The van der Waals surface area contributed by atoms with Crippen molar-refractivity contribution in [3.63, 3.8) is 0 Å². The second-order valence-corrected chi connectivity index (χ2v) is 6.05. The molecule has 0 spiro atoms. The molecular formula is C13H20N2O5S. The molecule has 0 aromatic heterocycles. The number of amides is 2. The molecule has 1 atom stereocenters. The van der Waals surface area contributed by atoms with Gasteiger partial charge in [0.05, 0.1) is 24.7 Å². The monoisotopic (exact) mass is 316 g/mol. The van der Waals surface area contributed by atoms with Crippen LogP contribution in [0.4, 0.5) is 0 Å². The van der Waals surface area contributed by atoms with Gasteiger partial charge >= 0.3 is 5.97 Å². The number of carbonyl (C=O) groups excluding carboxylic acids is 2. The topological polar surface area (TPSA) is 87.2 Å². The fraction of sp³-hybridized carbons (Fsp3) is 0.769. The lowest BCUT2D eigenvalue weighted by atomic mass is 10.2. The summed E-state index contributed by atoms with van der Waals surface area (Å²) in [7, 11) is 0. The summed E-state index contributed by atoms with van der Waals surface area (Å²) in [6.45, 7) is 2.81. The van der Waals surface area contributed by atoms with Gasteiger partial charge in [-0.15, -0.1) is 11.8 Å². The Morgan fingerprint density at radius 3 is 2.52 bits per heavy atom. The predicted molar refractivity (Wildman–Crippen MR) is 77.1 cm³/mol. The van der Waals surface area contributed by atoms with Gasteiger partial charge in [0.2, 0.25) is 11.8 Å². The molecule has 0 aromatic carbocycles. The van der Waals surface area contributed by atoms with Crippen molar-refractivity contribution in [3.05, 3.63) is 0 Å². The minimum atomic E-state index is -0.935. The Labute approximate surface area is 127 Å². The van der Waals surface area contributed by atoms with Crippen LogP contribution < -0.4 is 0 Å². The summed E-state index contributed by atoms with van der Waals surface area (Å²) < 4.78 is 5.23. The van der Waals surface area contributed by atoms with Gasteiger partial charge in [-0.05, 0) is 12.8 Å². The summed E-state index contributed by atoms with van der Waals surface area (Å²) in [4.78, 5) is 38.4. The van der Waals surface area contributed by atoms with Crippen molar-refractivity contribution in [3.8, 4) is 0 Å².